The summed E-state index contributed by atoms with van der Waals surface area (Å²) < 4.78 is 47.4. The zero-order valence-electron chi connectivity index (χ0n) is 16.1. The third kappa shape index (κ3) is 4.34. The fourth-order valence-corrected chi connectivity index (χ4v) is 4.54. The molecule has 3 aromatic rings. The van der Waals surface area contributed by atoms with Crippen LogP contribution in [0, 0.1) is 5.92 Å². The van der Waals surface area contributed by atoms with Gasteiger partial charge in [0, 0.05) is 27.3 Å². The van der Waals surface area contributed by atoms with E-state index in [4.69, 9.17) is 4.74 Å². The van der Waals surface area contributed by atoms with Gasteiger partial charge in [-0.1, -0.05) is 6.07 Å². The van der Waals surface area contributed by atoms with Gasteiger partial charge in [-0.3, -0.25) is 9.78 Å². The molecule has 0 unspecified atom stereocenters. The summed E-state index contributed by atoms with van der Waals surface area (Å²) in [5, 5.41) is 9.96. The van der Waals surface area contributed by atoms with Crippen LogP contribution >= 0.6 is 11.3 Å². The number of rotatable bonds is 6. The molecule has 2 heterocycles. The molecule has 1 aliphatic carbocycles. The number of carbonyl (C=O) groups excluding carboxylic acids is 1. The average molecular weight is 451 g/mol. The lowest BCUT2D eigenvalue weighted by atomic mass is 10.1. The minimum Gasteiger partial charge on any atom is -0.477 e. The monoisotopic (exact) mass is 451 g/mol. The fourth-order valence-electron chi connectivity index (χ4n) is 3.51. The van der Waals surface area contributed by atoms with Crippen LogP contribution in [0.2, 0.25) is 0 Å². The van der Waals surface area contributed by atoms with Crippen molar-refractivity contribution in [1.29, 1.82) is 0 Å². The van der Waals surface area contributed by atoms with E-state index in [0.717, 1.165) is 23.5 Å². The highest BCUT2D eigenvalue weighted by atomic mass is 32.1. The molecule has 1 saturated carbocycles. The Balaban J connectivity index is 1.76. The van der Waals surface area contributed by atoms with Crippen molar-refractivity contribution in [3.8, 4) is 17.0 Å². The van der Waals surface area contributed by atoms with Gasteiger partial charge in [-0.15, -0.1) is 24.5 Å². The number of halogens is 3. The SMILES string of the molecule is CCOC(=O)[C@@H]1C[C@H]1c1cccc(-c2c(C(=O)O)sc3ccc(OC(F)(F)F)cc23)n1. The molecule has 6 nitrogen and oxygen atoms in total. The molecule has 0 saturated heterocycles. The molecule has 1 fully saturated rings. The third-order valence-electron chi connectivity index (χ3n) is 4.87. The molecule has 0 radical (unpaired) electrons. The first-order valence-corrected chi connectivity index (χ1v) is 10.2. The van der Waals surface area contributed by atoms with E-state index in [2.05, 4.69) is 9.72 Å². The van der Waals surface area contributed by atoms with Gasteiger partial charge in [0.2, 0.25) is 0 Å². The number of carboxylic acid groups (broad SMARTS) is 1. The molecular formula is C21H16F3NO5S. The molecule has 2 aromatic heterocycles. The smallest absolute Gasteiger partial charge is 0.477 e. The number of esters is 1. The van der Waals surface area contributed by atoms with Gasteiger partial charge in [0.25, 0.3) is 0 Å². The second kappa shape index (κ2) is 7.84. The number of aromatic carboxylic acids is 1. The molecule has 10 heteroatoms. The van der Waals surface area contributed by atoms with Crippen molar-refractivity contribution in [3.63, 3.8) is 0 Å². The van der Waals surface area contributed by atoms with Crippen molar-refractivity contribution in [2.45, 2.75) is 25.6 Å². The van der Waals surface area contributed by atoms with Crippen molar-refractivity contribution in [2.24, 2.45) is 5.92 Å². The predicted octanol–water partition coefficient (Wildman–Crippen LogP) is 5.23. The van der Waals surface area contributed by atoms with Gasteiger partial charge in [-0.2, -0.15) is 0 Å². The Kier molecular flexibility index (Phi) is 5.34. The Bertz CT molecular complexity index is 1170. The quantitative estimate of drug-likeness (QED) is 0.517. The van der Waals surface area contributed by atoms with Gasteiger partial charge in [0.15, 0.2) is 0 Å². The number of alkyl halides is 3. The topological polar surface area (TPSA) is 85.7 Å². The normalized spacial score (nSPS) is 18.1. The van der Waals surface area contributed by atoms with E-state index >= 15 is 0 Å². The Labute approximate surface area is 178 Å². The van der Waals surface area contributed by atoms with Gasteiger partial charge in [0.05, 0.1) is 18.2 Å². The number of hydrogen-bond acceptors (Lipinski definition) is 6. The maximum absolute atomic E-state index is 12.6. The summed E-state index contributed by atoms with van der Waals surface area (Å²) in [6.45, 7) is 2.00. The molecule has 31 heavy (non-hydrogen) atoms. The zero-order valence-corrected chi connectivity index (χ0v) is 16.9. The Morgan fingerprint density at radius 1 is 1.26 bits per heavy atom. The minimum absolute atomic E-state index is 0.0402. The van der Waals surface area contributed by atoms with Gasteiger partial charge in [-0.25, -0.2) is 4.79 Å². The summed E-state index contributed by atoms with van der Waals surface area (Å²) >= 11 is 0.945. The van der Waals surface area contributed by atoms with Crippen LogP contribution in [0.15, 0.2) is 36.4 Å². The highest BCUT2D eigenvalue weighted by Crippen LogP contribution is 2.48. The van der Waals surface area contributed by atoms with Gasteiger partial charge >= 0.3 is 18.3 Å². The number of aromatic nitrogens is 1. The first-order valence-electron chi connectivity index (χ1n) is 9.37. The van der Waals surface area contributed by atoms with Crippen LogP contribution in [0.4, 0.5) is 13.2 Å². The van der Waals surface area contributed by atoms with Gasteiger partial charge in [0.1, 0.15) is 10.6 Å². The Morgan fingerprint density at radius 3 is 2.71 bits per heavy atom. The van der Waals surface area contributed by atoms with E-state index < -0.39 is 18.1 Å². The van der Waals surface area contributed by atoms with Crippen molar-refractivity contribution in [3.05, 3.63) is 47.0 Å². The summed E-state index contributed by atoms with van der Waals surface area (Å²) in [4.78, 5) is 28.3. The zero-order chi connectivity index (χ0) is 22.3. The number of thiophene rings is 1. The third-order valence-corrected chi connectivity index (χ3v) is 6.03. The standard InChI is InChI=1S/C21H16F3NO5S/c1-2-29-20(28)12-9-11(12)14-4-3-5-15(25-14)17-13-8-10(30-21(22,23)24)6-7-16(13)31-18(17)19(26)27/h3-8,11-12H,2,9H2,1H3,(H,26,27)/t11-,12-/m1/s1. The summed E-state index contributed by atoms with van der Waals surface area (Å²) in [5.41, 5.74) is 1.13. The highest BCUT2D eigenvalue weighted by Gasteiger charge is 2.46. The van der Waals surface area contributed by atoms with E-state index in [1.807, 2.05) is 0 Å². The van der Waals surface area contributed by atoms with Gasteiger partial charge in [-0.05, 0) is 43.7 Å². The molecule has 162 valence electrons. The van der Waals surface area contributed by atoms with Crippen LogP contribution in [0.5, 0.6) is 5.75 Å². The first kappa shape index (κ1) is 21.1. The minimum atomic E-state index is -4.87. The molecule has 0 amide bonds. The van der Waals surface area contributed by atoms with Crippen molar-refractivity contribution in [2.75, 3.05) is 6.61 Å². The van der Waals surface area contributed by atoms with E-state index in [0.29, 0.717) is 27.9 Å². The van der Waals surface area contributed by atoms with Crippen molar-refractivity contribution >= 4 is 33.4 Å². The van der Waals surface area contributed by atoms with Crippen LogP contribution in [-0.4, -0.2) is 35.0 Å². The highest BCUT2D eigenvalue weighted by molar-refractivity contribution is 7.21. The number of hydrogen-bond donors (Lipinski definition) is 1. The maximum Gasteiger partial charge on any atom is 0.573 e. The lowest BCUT2D eigenvalue weighted by Gasteiger charge is -2.09. The molecular weight excluding hydrogens is 435 g/mol. The molecule has 2 atom stereocenters. The number of benzene rings is 1. The summed E-state index contributed by atoms with van der Waals surface area (Å²) in [6, 6.07) is 8.70. The van der Waals surface area contributed by atoms with E-state index in [9.17, 15) is 27.9 Å². The summed E-state index contributed by atoms with van der Waals surface area (Å²) in [7, 11) is 0. The lowest BCUT2D eigenvalue weighted by Crippen LogP contribution is -2.16. The maximum atomic E-state index is 12.6. The summed E-state index contributed by atoms with van der Waals surface area (Å²) in [5.74, 6) is -2.40. The number of ether oxygens (including phenoxy) is 2. The molecule has 0 spiro atoms. The number of carbonyl (C=O) groups is 2. The number of pyridine rings is 1. The molecule has 1 N–H and O–H groups in total. The number of fused-ring (bicyclic) bond motifs is 1. The molecule has 0 aliphatic heterocycles. The van der Waals surface area contributed by atoms with Crippen molar-refractivity contribution < 1.29 is 37.3 Å². The van der Waals surface area contributed by atoms with Crippen LogP contribution in [0.3, 0.4) is 0 Å². The van der Waals surface area contributed by atoms with Crippen LogP contribution in [0.25, 0.3) is 21.3 Å². The van der Waals surface area contributed by atoms with Crippen molar-refractivity contribution in [1.82, 2.24) is 4.98 Å². The van der Waals surface area contributed by atoms with E-state index in [1.165, 1.54) is 6.07 Å². The molecule has 0 bridgehead atoms. The Hall–Kier alpha value is -3.14. The number of carboxylic acids is 1. The predicted molar refractivity (Wildman–Crippen MR) is 106 cm³/mol. The van der Waals surface area contributed by atoms with Crippen LogP contribution in [-0.2, 0) is 9.53 Å². The molecule has 4 rings (SSSR count). The molecule has 1 aliphatic rings. The average Bonchev–Trinajstić information content (AvgIpc) is 3.41. The second-order valence-corrected chi connectivity index (χ2v) is 8.02. The summed E-state index contributed by atoms with van der Waals surface area (Å²) in [6.07, 6.45) is -4.29. The Morgan fingerprint density at radius 2 is 2.03 bits per heavy atom. The molecule has 1 aromatic carbocycles. The first-order chi connectivity index (χ1) is 14.7. The largest absolute Gasteiger partial charge is 0.573 e. The van der Waals surface area contributed by atoms with E-state index in [1.54, 1.807) is 25.1 Å². The van der Waals surface area contributed by atoms with Crippen LogP contribution < -0.4 is 4.74 Å². The van der Waals surface area contributed by atoms with E-state index in [-0.39, 0.29) is 34.9 Å². The second-order valence-electron chi connectivity index (χ2n) is 6.97. The van der Waals surface area contributed by atoms with Gasteiger partial charge < -0.3 is 14.6 Å². The lowest BCUT2D eigenvalue weighted by molar-refractivity contribution is -0.274. The fraction of sp³-hybridized carbons (Fsp3) is 0.286. The number of nitrogens with zero attached hydrogens (tertiary/aromatic N) is 1. The van der Waals surface area contributed by atoms with Crippen LogP contribution in [0.1, 0.15) is 34.6 Å².